The van der Waals surface area contributed by atoms with Crippen molar-refractivity contribution in [1.29, 1.82) is 0 Å². The van der Waals surface area contributed by atoms with Gasteiger partial charge >= 0.3 is 6.18 Å². The smallest absolute Gasteiger partial charge is 0.312 e. The normalized spacial score (nSPS) is 11.5. The molecule has 0 heterocycles. The highest BCUT2D eigenvalue weighted by Crippen LogP contribution is 2.30. The summed E-state index contributed by atoms with van der Waals surface area (Å²) in [7, 11) is 0. The van der Waals surface area contributed by atoms with Crippen molar-refractivity contribution in [3.63, 3.8) is 0 Å². The third-order valence-corrected chi connectivity index (χ3v) is 2.14. The van der Waals surface area contributed by atoms with Gasteiger partial charge < -0.3 is 5.32 Å². The van der Waals surface area contributed by atoms with Crippen molar-refractivity contribution in [2.45, 2.75) is 19.1 Å². The van der Waals surface area contributed by atoms with Crippen LogP contribution in [-0.2, 0) is 12.7 Å². The Labute approximate surface area is 97.1 Å². The average Bonchev–Trinajstić information content (AvgIpc) is 2.22. The van der Waals surface area contributed by atoms with E-state index in [0.717, 1.165) is 12.1 Å². The highest BCUT2D eigenvalue weighted by Gasteiger charge is 2.31. The molecular weight excluding hydrogens is 234 g/mol. The molecule has 0 radical (unpaired) electrons. The van der Waals surface area contributed by atoms with Crippen LogP contribution in [-0.4, -0.2) is 6.54 Å². The molecule has 1 rings (SSSR count). The highest BCUT2D eigenvalue weighted by atomic mass is 19.4. The van der Waals surface area contributed by atoms with Crippen molar-refractivity contribution in [3.05, 3.63) is 47.8 Å². The third kappa shape index (κ3) is 4.56. The largest absolute Gasteiger partial charge is 0.416 e. The first-order chi connectivity index (χ1) is 7.93. The molecule has 1 aromatic carbocycles. The van der Waals surface area contributed by atoms with Gasteiger partial charge in [-0.05, 0) is 36.7 Å². The van der Waals surface area contributed by atoms with Gasteiger partial charge in [-0.3, -0.25) is 0 Å². The first kappa shape index (κ1) is 13.7. The van der Waals surface area contributed by atoms with Gasteiger partial charge in [0.15, 0.2) is 0 Å². The Hall–Kier alpha value is -1.36. The molecule has 0 saturated heterocycles. The Morgan fingerprint density at radius 3 is 2.53 bits per heavy atom. The Balaban J connectivity index is 2.72. The number of hydrogen-bond acceptors (Lipinski definition) is 1. The van der Waals surface area contributed by atoms with E-state index < -0.39 is 17.6 Å². The first-order valence-electron chi connectivity index (χ1n) is 5.12. The maximum atomic E-state index is 13.0. The van der Waals surface area contributed by atoms with Crippen LogP contribution < -0.4 is 5.32 Å². The van der Waals surface area contributed by atoms with Crippen LogP contribution in [0.1, 0.15) is 17.5 Å². The van der Waals surface area contributed by atoms with Gasteiger partial charge in [0.25, 0.3) is 0 Å². The fourth-order valence-electron chi connectivity index (χ4n) is 1.35. The summed E-state index contributed by atoms with van der Waals surface area (Å²) in [6, 6.07) is 2.54. The van der Waals surface area contributed by atoms with E-state index in [-0.39, 0.29) is 12.1 Å². The minimum Gasteiger partial charge on any atom is -0.312 e. The van der Waals surface area contributed by atoms with E-state index >= 15 is 0 Å². The van der Waals surface area contributed by atoms with Crippen molar-refractivity contribution in [1.82, 2.24) is 5.32 Å². The van der Waals surface area contributed by atoms with Gasteiger partial charge in [0, 0.05) is 6.54 Å². The second-order valence-electron chi connectivity index (χ2n) is 3.60. The molecule has 0 bridgehead atoms. The molecule has 1 N–H and O–H groups in total. The molecule has 0 aromatic heterocycles. The van der Waals surface area contributed by atoms with Gasteiger partial charge in [-0.2, -0.15) is 13.2 Å². The highest BCUT2D eigenvalue weighted by molar-refractivity contribution is 5.26. The van der Waals surface area contributed by atoms with E-state index in [1.807, 2.05) is 0 Å². The van der Waals surface area contributed by atoms with E-state index in [2.05, 4.69) is 11.9 Å². The van der Waals surface area contributed by atoms with E-state index in [0.29, 0.717) is 19.0 Å². The monoisotopic (exact) mass is 247 g/mol. The minimum atomic E-state index is -4.52. The number of hydrogen-bond donors (Lipinski definition) is 1. The van der Waals surface area contributed by atoms with Crippen molar-refractivity contribution < 1.29 is 17.6 Å². The predicted molar refractivity (Wildman–Crippen MR) is 57.9 cm³/mol. The topological polar surface area (TPSA) is 12.0 Å². The summed E-state index contributed by atoms with van der Waals surface area (Å²) in [6.45, 7) is 4.32. The fraction of sp³-hybridized carbons (Fsp3) is 0.333. The second kappa shape index (κ2) is 5.82. The lowest BCUT2D eigenvalue weighted by molar-refractivity contribution is -0.137. The predicted octanol–water partition coefficient (Wildman–Crippen LogP) is 3.51. The zero-order valence-electron chi connectivity index (χ0n) is 9.15. The van der Waals surface area contributed by atoms with Crippen LogP contribution in [0.5, 0.6) is 0 Å². The third-order valence-electron chi connectivity index (χ3n) is 2.14. The lowest BCUT2D eigenvalue weighted by atomic mass is 10.1. The summed E-state index contributed by atoms with van der Waals surface area (Å²) in [4.78, 5) is 0. The Kier molecular flexibility index (Phi) is 4.69. The van der Waals surface area contributed by atoms with Gasteiger partial charge in [0.05, 0.1) is 5.56 Å². The number of benzene rings is 1. The summed E-state index contributed by atoms with van der Waals surface area (Å²) in [5.41, 5.74) is -0.681. The summed E-state index contributed by atoms with van der Waals surface area (Å²) < 4.78 is 50.2. The number of rotatable bonds is 5. The molecule has 94 valence electrons. The molecule has 1 nitrogen and oxygen atoms in total. The van der Waals surface area contributed by atoms with Crippen molar-refractivity contribution in [2.75, 3.05) is 6.54 Å². The van der Waals surface area contributed by atoms with Crippen LogP contribution >= 0.6 is 0 Å². The van der Waals surface area contributed by atoms with Crippen LogP contribution in [0.4, 0.5) is 17.6 Å². The van der Waals surface area contributed by atoms with Crippen LogP contribution in [0.25, 0.3) is 0 Å². The van der Waals surface area contributed by atoms with Crippen molar-refractivity contribution in [3.8, 4) is 0 Å². The van der Waals surface area contributed by atoms with Gasteiger partial charge in [-0.25, -0.2) is 4.39 Å². The van der Waals surface area contributed by atoms with Gasteiger partial charge in [-0.1, -0.05) is 6.08 Å². The van der Waals surface area contributed by atoms with Gasteiger partial charge in [-0.15, -0.1) is 6.58 Å². The average molecular weight is 247 g/mol. The lowest BCUT2D eigenvalue weighted by Gasteiger charge is -2.10. The molecule has 0 aliphatic rings. The van der Waals surface area contributed by atoms with Crippen molar-refractivity contribution in [2.24, 2.45) is 0 Å². The first-order valence-corrected chi connectivity index (χ1v) is 5.12. The maximum Gasteiger partial charge on any atom is 0.416 e. The number of alkyl halides is 3. The van der Waals surface area contributed by atoms with Crippen molar-refractivity contribution >= 4 is 0 Å². The molecule has 17 heavy (non-hydrogen) atoms. The molecule has 0 spiro atoms. The van der Waals surface area contributed by atoms with Gasteiger partial charge in [0.1, 0.15) is 5.82 Å². The molecule has 0 aliphatic heterocycles. The van der Waals surface area contributed by atoms with E-state index in [4.69, 9.17) is 0 Å². The molecule has 0 unspecified atom stereocenters. The van der Waals surface area contributed by atoms with Crippen LogP contribution in [0.15, 0.2) is 30.9 Å². The lowest BCUT2D eigenvalue weighted by Crippen LogP contribution is -2.15. The van der Waals surface area contributed by atoms with Crippen LogP contribution in [0.2, 0.25) is 0 Å². The standard InChI is InChI=1S/C12H13F4N/c1-2-3-4-17-8-9-5-10(12(14,15)16)7-11(13)6-9/h2,5-7,17H,1,3-4,8H2. The van der Waals surface area contributed by atoms with Crippen LogP contribution in [0, 0.1) is 5.82 Å². The molecule has 0 amide bonds. The zero-order valence-corrected chi connectivity index (χ0v) is 9.15. The number of halogens is 4. The molecule has 0 aliphatic carbocycles. The fourth-order valence-corrected chi connectivity index (χ4v) is 1.35. The Morgan fingerprint density at radius 1 is 1.24 bits per heavy atom. The molecule has 1 aromatic rings. The summed E-state index contributed by atoms with van der Waals surface area (Å²) in [6.07, 6.45) is -2.11. The summed E-state index contributed by atoms with van der Waals surface area (Å²) >= 11 is 0. The molecule has 0 atom stereocenters. The van der Waals surface area contributed by atoms with Gasteiger partial charge in [0.2, 0.25) is 0 Å². The van der Waals surface area contributed by atoms with E-state index in [9.17, 15) is 17.6 Å². The second-order valence-corrected chi connectivity index (χ2v) is 3.60. The SMILES string of the molecule is C=CCCNCc1cc(F)cc(C(F)(F)F)c1. The van der Waals surface area contributed by atoms with E-state index in [1.54, 1.807) is 6.08 Å². The molecule has 5 heteroatoms. The molecule has 0 saturated carbocycles. The van der Waals surface area contributed by atoms with Crippen LogP contribution in [0.3, 0.4) is 0 Å². The summed E-state index contributed by atoms with van der Waals surface area (Å²) in [5.74, 6) is -0.875. The van der Waals surface area contributed by atoms with E-state index in [1.165, 1.54) is 0 Å². The Morgan fingerprint density at radius 2 is 1.94 bits per heavy atom. The zero-order chi connectivity index (χ0) is 12.9. The maximum absolute atomic E-state index is 13.0. The minimum absolute atomic E-state index is 0.203. The molecular formula is C12H13F4N. The number of nitrogens with one attached hydrogen (secondary N) is 1. The Bertz CT molecular complexity index is 385. The quantitative estimate of drug-likeness (QED) is 0.477. The summed E-state index contributed by atoms with van der Waals surface area (Å²) in [5, 5.41) is 2.90. The molecule has 0 fully saturated rings.